The van der Waals surface area contributed by atoms with Gasteiger partial charge in [0.2, 0.25) is 11.8 Å². The van der Waals surface area contributed by atoms with Crippen LogP contribution in [0.2, 0.25) is 0 Å². The van der Waals surface area contributed by atoms with E-state index in [0.29, 0.717) is 24.5 Å². The Kier molecular flexibility index (Phi) is 3.39. The molecule has 0 unspecified atom stereocenters. The quantitative estimate of drug-likeness (QED) is 0.824. The van der Waals surface area contributed by atoms with Crippen LogP contribution >= 0.6 is 0 Å². The van der Waals surface area contributed by atoms with Gasteiger partial charge in [-0.2, -0.15) is 0 Å². The Labute approximate surface area is 124 Å². The van der Waals surface area contributed by atoms with Crippen molar-refractivity contribution in [2.24, 2.45) is 0 Å². The maximum atomic E-state index is 12.0. The highest BCUT2D eigenvalue weighted by molar-refractivity contribution is 5.99. The number of anilines is 1. The Hall–Kier alpha value is -1.98. The number of hydrogen-bond donors (Lipinski definition) is 0. The summed E-state index contributed by atoms with van der Waals surface area (Å²) in [6.45, 7) is 4.56. The van der Waals surface area contributed by atoms with Gasteiger partial charge in [-0.3, -0.25) is 14.5 Å². The number of likely N-dealkylation sites (N-methyl/N-ethyl adjacent to an activating group) is 1. The molecule has 0 aromatic carbocycles. The summed E-state index contributed by atoms with van der Waals surface area (Å²) in [6, 6.07) is -0.0504. The molecule has 1 aromatic heterocycles. The predicted molar refractivity (Wildman–Crippen MR) is 77.9 cm³/mol. The summed E-state index contributed by atoms with van der Waals surface area (Å²) >= 11 is 0. The summed E-state index contributed by atoms with van der Waals surface area (Å²) in [7, 11) is 1.74. The highest BCUT2D eigenvalue weighted by Gasteiger charge is 2.34. The highest BCUT2D eigenvalue weighted by atomic mass is 16.2. The lowest BCUT2D eigenvalue weighted by molar-refractivity contribution is -0.131. The second kappa shape index (κ2) is 5.09. The number of fused-ring (bicyclic) bond motifs is 1. The van der Waals surface area contributed by atoms with Crippen molar-refractivity contribution in [2.75, 3.05) is 18.5 Å². The van der Waals surface area contributed by atoms with Crippen molar-refractivity contribution in [1.29, 1.82) is 0 Å². The van der Waals surface area contributed by atoms with Gasteiger partial charge in [0.15, 0.2) is 5.82 Å². The molecular formula is C15H20N4O2. The van der Waals surface area contributed by atoms with Crippen LogP contribution in [0.15, 0.2) is 0 Å². The Bertz CT molecular complexity index is 614. The van der Waals surface area contributed by atoms with Crippen LogP contribution in [0.4, 0.5) is 5.82 Å². The Balaban J connectivity index is 1.99. The topological polar surface area (TPSA) is 66.4 Å². The van der Waals surface area contributed by atoms with E-state index in [9.17, 15) is 9.59 Å². The van der Waals surface area contributed by atoms with Crippen molar-refractivity contribution >= 4 is 17.6 Å². The monoisotopic (exact) mass is 288 g/mol. The minimum atomic E-state index is -0.0504. The Morgan fingerprint density at radius 3 is 2.86 bits per heavy atom. The molecule has 2 aliphatic rings. The normalized spacial score (nSPS) is 21.1. The van der Waals surface area contributed by atoms with Gasteiger partial charge in [-0.1, -0.05) is 6.92 Å². The van der Waals surface area contributed by atoms with Crippen molar-refractivity contribution < 1.29 is 9.59 Å². The number of rotatable bonds is 2. The molecule has 3 heterocycles. The number of aryl methyl sites for hydroxylation is 1. The summed E-state index contributed by atoms with van der Waals surface area (Å²) in [6.07, 6.45) is 2.74. The Morgan fingerprint density at radius 2 is 2.14 bits per heavy atom. The lowest BCUT2D eigenvalue weighted by Gasteiger charge is -2.24. The van der Waals surface area contributed by atoms with Crippen LogP contribution in [0.5, 0.6) is 0 Å². The molecule has 1 aromatic rings. The number of carbonyl (C=O) groups is 2. The van der Waals surface area contributed by atoms with E-state index in [1.165, 1.54) is 0 Å². The van der Waals surface area contributed by atoms with Crippen LogP contribution in [0.3, 0.4) is 0 Å². The van der Waals surface area contributed by atoms with Crippen LogP contribution in [0.25, 0.3) is 0 Å². The number of hydrogen-bond acceptors (Lipinski definition) is 4. The Morgan fingerprint density at radius 1 is 1.38 bits per heavy atom. The molecule has 0 N–H and O–H groups in total. The zero-order valence-corrected chi connectivity index (χ0v) is 12.7. The van der Waals surface area contributed by atoms with Crippen molar-refractivity contribution in [3.05, 3.63) is 17.1 Å². The lowest BCUT2D eigenvalue weighted by Crippen LogP contribution is -2.31. The first kappa shape index (κ1) is 14.0. The molecule has 112 valence electrons. The zero-order valence-electron chi connectivity index (χ0n) is 12.7. The van der Waals surface area contributed by atoms with E-state index in [0.717, 1.165) is 30.6 Å². The first-order chi connectivity index (χ1) is 10.0. The maximum Gasteiger partial charge on any atom is 0.232 e. The van der Waals surface area contributed by atoms with Gasteiger partial charge in [0.25, 0.3) is 0 Å². The second-order valence-electron chi connectivity index (χ2n) is 5.70. The molecule has 2 amide bonds. The third-order valence-electron chi connectivity index (χ3n) is 4.40. The van der Waals surface area contributed by atoms with Crippen LogP contribution in [0, 0.1) is 6.92 Å². The fourth-order valence-corrected chi connectivity index (χ4v) is 3.16. The van der Waals surface area contributed by atoms with Gasteiger partial charge in [0.1, 0.15) is 5.82 Å². The van der Waals surface area contributed by atoms with Gasteiger partial charge in [0.05, 0.1) is 12.5 Å². The third kappa shape index (κ3) is 2.18. The highest BCUT2D eigenvalue weighted by Crippen LogP contribution is 2.34. The predicted octanol–water partition coefficient (Wildman–Crippen LogP) is 1.38. The van der Waals surface area contributed by atoms with Crippen LogP contribution < -0.4 is 4.90 Å². The van der Waals surface area contributed by atoms with E-state index in [-0.39, 0.29) is 17.9 Å². The third-order valence-corrected chi connectivity index (χ3v) is 4.40. The molecule has 1 atom stereocenters. The molecule has 21 heavy (non-hydrogen) atoms. The first-order valence-electron chi connectivity index (χ1n) is 7.46. The molecule has 6 heteroatoms. The van der Waals surface area contributed by atoms with Gasteiger partial charge in [0, 0.05) is 31.3 Å². The fourth-order valence-electron chi connectivity index (χ4n) is 3.16. The van der Waals surface area contributed by atoms with Gasteiger partial charge < -0.3 is 4.90 Å². The van der Waals surface area contributed by atoms with Gasteiger partial charge in [-0.15, -0.1) is 0 Å². The summed E-state index contributed by atoms with van der Waals surface area (Å²) in [5.41, 5.74) is 1.76. The minimum Gasteiger partial charge on any atom is -0.332 e. The minimum absolute atomic E-state index is 0.0486. The van der Waals surface area contributed by atoms with Crippen molar-refractivity contribution in [3.63, 3.8) is 0 Å². The average Bonchev–Trinajstić information content (AvgIpc) is 3.06. The van der Waals surface area contributed by atoms with E-state index >= 15 is 0 Å². The fraction of sp³-hybridized carbons (Fsp3) is 0.600. The van der Waals surface area contributed by atoms with E-state index < -0.39 is 0 Å². The number of nitrogens with zero attached hydrogens (tertiary/aromatic N) is 4. The molecule has 1 fully saturated rings. The number of aromatic nitrogens is 2. The van der Waals surface area contributed by atoms with E-state index in [1.54, 1.807) is 11.9 Å². The van der Waals surface area contributed by atoms with Crippen LogP contribution in [-0.4, -0.2) is 40.3 Å². The van der Waals surface area contributed by atoms with Crippen LogP contribution in [-0.2, 0) is 16.0 Å². The largest absolute Gasteiger partial charge is 0.332 e. The number of amides is 2. The molecule has 0 saturated carbocycles. The first-order valence-corrected chi connectivity index (χ1v) is 7.46. The molecule has 3 rings (SSSR count). The molecule has 0 spiro atoms. The summed E-state index contributed by atoms with van der Waals surface area (Å²) in [5, 5.41) is 0. The molecule has 0 aliphatic carbocycles. The van der Waals surface area contributed by atoms with E-state index in [4.69, 9.17) is 0 Å². The van der Waals surface area contributed by atoms with Gasteiger partial charge in [-0.05, 0) is 19.8 Å². The maximum absolute atomic E-state index is 12.0. The van der Waals surface area contributed by atoms with Gasteiger partial charge >= 0.3 is 0 Å². The molecular weight excluding hydrogens is 268 g/mol. The lowest BCUT2D eigenvalue weighted by atomic mass is 10.1. The van der Waals surface area contributed by atoms with E-state index in [1.807, 2.05) is 18.7 Å². The smallest absolute Gasteiger partial charge is 0.232 e. The SMILES string of the molecule is CCC(=O)N1CCC[C@@H]1c1nc(C)c2c(n1)N(C)C(=O)C2. The van der Waals surface area contributed by atoms with Crippen molar-refractivity contribution in [1.82, 2.24) is 14.9 Å². The van der Waals surface area contributed by atoms with Crippen molar-refractivity contribution in [2.45, 2.75) is 45.6 Å². The summed E-state index contributed by atoms with van der Waals surface area (Å²) < 4.78 is 0. The molecule has 0 radical (unpaired) electrons. The van der Waals surface area contributed by atoms with Crippen molar-refractivity contribution in [3.8, 4) is 0 Å². The van der Waals surface area contributed by atoms with Crippen LogP contribution in [0.1, 0.15) is 49.3 Å². The van der Waals surface area contributed by atoms with Gasteiger partial charge in [-0.25, -0.2) is 9.97 Å². The molecule has 2 aliphatic heterocycles. The summed E-state index contributed by atoms with van der Waals surface area (Å²) in [4.78, 5) is 36.5. The second-order valence-corrected chi connectivity index (χ2v) is 5.70. The number of likely N-dealkylation sites (tertiary alicyclic amines) is 1. The van der Waals surface area contributed by atoms with E-state index in [2.05, 4.69) is 9.97 Å². The molecule has 6 nitrogen and oxygen atoms in total. The average molecular weight is 288 g/mol. The molecule has 0 bridgehead atoms. The number of carbonyl (C=O) groups excluding carboxylic acids is 2. The summed E-state index contributed by atoms with van der Waals surface area (Å²) in [5.74, 6) is 1.57. The molecule has 1 saturated heterocycles. The standard InChI is InChI=1S/C15H20N4O2/c1-4-12(20)19-7-5-6-11(19)14-16-9(2)10-8-13(21)18(3)15(10)17-14/h11H,4-8H2,1-3H3/t11-/m1/s1. The zero-order chi connectivity index (χ0) is 15.1.